The number of halogens is 1. The van der Waals surface area contributed by atoms with Gasteiger partial charge in [0.2, 0.25) is 0 Å². The van der Waals surface area contributed by atoms with Crippen molar-refractivity contribution in [2.24, 2.45) is 0 Å². The molecule has 82 valence electrons. The molecule has 0 atom stereocenters. The van der Waals surface area contributed by atoms with Crippen LogP contribution >= 0.6 is 0 Å². The van der Waals surface area contributed by atoms with Gasteiger partial charge in [-0.05, 0) is 23.8 Å². The van der Waals surface area contributed by atoms with Gasteiger partial charge < -0.3 is 9.67 Å². The van der Waals surface area contributed by atoms with Crippen LogP contribution in [-0.4, -0.2) is 14.7 Å². The highest BCUT2D eigenvalue weighted by Crippen LogP contribution is 2.25. The number of hydrogen-bond acceptors (Lipinski definition) is 2. The minimum absolute atomic E-state index is 0.0338. The molecule has 16 heavy (non-hydrogen) atoms. The van der Waals surface area contributed by atoms with Crippen LogP contribution in [0.4, 0.5) is 4.39 Å². The van der Waals surface area contributed by atoms with Crippen molar-refractivity contribution in [3.8, 4) is 5.75 Å². The minimum Gasteiger partial charge on any atom is -0.507 e. The number of phenols is 1. The summed E-state index contributed by atoms with van der Waals surface area (Å²) in [6.45, 7) is 4.30. The van der Waals surface area contributed by atoms with Crippen LogP contribution in [0.2, 0.25) is 0 Å². The third-order valence-electron chi connectivity index (χ3n) is 2.27. The highest BCUT2D eigenvalue weighted by atomic mass is 19.1. The monoisotopic (exact) mass is 218 g/mol. The average Bonchev–Trinajstić information content (AvgIpc) is 2.74. The van der Waals surface area contributed by atoms with E-state index in [1.165, 1.54) is 18.2 Å². The van der Waals surface area contributed by atoms with Gasteiger partial charge in [-0.25, -0.2) is 9.37 Å². The molecule has 0 aliphatic rings. The lowest BCUT2D eigenvalue weighted by molar-refractivity contribution is 0.471. The van der Waals surface area contributed by atoms with Crippen LogP contribution in [0.3, 0.4) is 0 Å². The topological polar surface area (TPSA) is 38.0 Å². The maximum atomic E-state index is 13.0. The molecule has 2 aromatic rings. The quantitative estimate of drug-likeness (QED) is 0.859. The molecule has 1 heterocycles. The van der Waals surface area contributed by atoms with Crippen molar-refractivity contribution in [3.63, 3.8) is 0 Å². The van der Waals surface area contributed by atoms with Crippen molar-refractivity contribution in [1.29, 1.82) is 0 Å². The van der Waals surface area contributed by atoms with E-state index in [-0.39, 0.29) is 11.6 Å². The molecule has 1 aromatic carbocycles. The number of aromatic hydroxyl groups is 1. The summed E-state index contributed by atoms with van der Waals surface area (Å²) < 4.78 is 14.8. The first-order valence-electron chi connectivity index (χ1n) is 4.79. The number of phenolic OH excluding ortho intramolecular Hbond substituents is 1. The summed E-state index contributed by atoms with van der Waals surface area (Å²) in [5, 5.41) is 9.58. The molecule has 0 spiro atoms. The number of hydrogen-bond donors (Lipinski definition) is 1. The molecule has 2 rings (SSSR count). The highest BCUT2D eigenvalue weighted by molar-refractivity contribution is 5.68. The lowest BCUT2D eigenvalue weighted by Crippen LogP contribution is -1.97. The molecule has 0 fully saturated rings. The first-order valence-corrected chi connectivity index (χ1v) is 4.79. The zero-order valence-electron chi connectivity index (χ0n) is 8.60. The van der Waals surface area contributed by atoms with Crippen molar-refractivity contribution in [2.45, 2.75) is 6.54 Å². The normalized spacial score (nSPS) is 10.3. The molecule has 0 aliphatic carbocycles. The Morgan fingerprint density at radius 2 is 2.31 bits per heavy atom. The number of allylic oxidation sites excluding steroid dienone is 1. The Bertz CT molecular complexity index is 506. The minimum atomic E-state index is -0.389. The van der Waals surface area contributed by atoms with E-state index < -0.39 is 0 Å². The molecule has 4 heteroatoms. The van der Waals surface area contributed by atoms with E-state index in [0.29, 0.717) is 17.7 Å². The number of imidazole rings is 1. The largest absolute Gasteiger partial charge is 0.507 e. The van der Waals surface area contributed by atoms with Crippen LogP contribution in [0.25, 0.3) is 5.57 Å². The Morgan fingerprint density at radius 3 is 3.00 bits per heavy atom. The van der Waals surface area contributed by atoms with E-state index in [1.807, 2.05) is 0 Å². The summed E-state index contributed by atoms with van der Waals surface area (Å²) in [4.78, 5) is 3.89. The molecular formula is C12H11FN2O. The Hall–Kier alpha value is -2.10. The maximum Gasteiger partial charge on any atom is 0.124 e. The Morgan fingerprint density at radius 1 is 1.50 bits per heavy atom. The highest BCUT2D eigenvalue weighted by Gasteiger charge is 2.07. The smallest absolute Gasteiger partial charge is 0.124 e. The third kappa shape index (κ3) is 2.11. The number of nitrogens with zero attached hydrogens (tertiary/aromatic N) is 2. The summed E-state index contributed by atoms with van der Waals surface area (Å²) in [6, 6.07) is 3.81. The van der Waals surface area contributed by atoms with Gasteiger partial charge in [-0.2, -0.15) is 0 Å². The lowest BCUT2D eigenvalue weighted by atomic mass is 10.1. The maximum absolute atomic E-state index is 13.0. The SMILES string of the molecule is C=C(Cn1ccnc1)c1cc(F)ccc1O. The predicted molar refractivity (Wildman–Crippen MR) is 59.3 cm³/mol. The van der Waals surface area contributed by atoms with E-state index in [0.717, 1.165) is 0 Å². The fraction of sp³-hybridized carbons (Fsp3) is 0.0833. The van der Waals surface area contributed by atoms with Crippen LogP contribution < -0.4 is 0 Å². The molecule has 0 unspecified atom stereocenters. The second-order valence-corrected chi connectivity index (χ2v) is 3.50. The average molecular weight is 218 g/mol. The number of rotatable bonds is 3. The zero-order valence-corrected chi connectivity index (χ0v) is 8.60. The first kappa shape index (κ1) is 10.4. The number of benzene rings is 1. The van der Waals surface area contributed by atoms with Crippen molar-refractivity contribution >= 4 is 5.57 Å². The van der Waals surface area contributed by atoms with Gasteiger partial charge in [0.25, 0.3) is 0 Å². The molecule has 0 bridgehead atoms. The molecule has 0 saturated heterocycles. The molecule has 0 saturated carbocycles. The van der Waals surface area contributed by atoms with Gasteiger partial charge in [0.1, 0.15) is 11.6 Å². The molecular weight excluding hydrogens is 207 g/mol. The van der Waals surface area contributed by atoms with Crippen molar-refractivity contribution in [3.05, 3.63) is 54.9 Å². The molecule has 0 aliphatic heterocycles. The van der Waals surface area contributed by atoms with Gasteiger partial charge in [-0.1, -0.05) is 6.58 Å². The van der Waals surface area contributed by atoms with Crippen LogP contribution in [0, 0.1) is 5.82 Å². The van der Waals surface area contributed by atoms with Crippen LogP contribution in [0.1, 0.15) is 5.56 Å². The lowest BCUT2D eigenvalue weighted by Gasteiger charge is -2.08. The summed E-state index contributed by atoms with van der Waals surface area (Å²) in [5.74, 6) is -0.355. The molecule has 3 nitrogen and oxygen atoms in total. The number of aromatic nitrogens is 2. The summed E-state index contributed by atoms with van der Waals surface area (Å²) >= 11 is 0. The van der Waals surface area contributed by atoms with Gasteiger partial charge in [-0.15, -0.1) is 0 Å². The Kier molecular flexibility index (Phi) is 2.72. The molecule has 1 aromatic heterocycles. The Labute approximate surface area is 92.5 Å². The van der Waals surface area contributed by atoms with Crippen LogP contribution in [0.15, 0.2) is 43.5 Å². The van der Waals surface area contributed by atoms with Crippen molar-refractivity contribution in [2.75, 3.05) is 0 Å². The fourth-order valence-electron chi connectivity index (χ4n) is 1.48. The third-order valence-corrected chi connectivity index (χ3v) is 2.27. The summed E-state index contributed by atoms with van der Waals surface area (Å²) in [6.07, 6.45) is 5.07. The van der Waals surface area contributed by atoms with E-state index in [1.54, 1.807) is 23.3 Å². The van der Waals surface area contributed by atoms with Crippen molar-refractivity contribution < 1.29 is 9.50 Å². The van der Waals surface area contributed by atoms with E-state index in [2.05, 4.69) is 11.6 Å². The second kappa shape index (κ2) is 4.18. The van der Waals surface area contributed by atoms with Gasteiger partial charge in [0.15, 0.2) is 0 Å². The Balaban J connectivity index is 2.24. The molecule has 0 radical (unpaired) electrons. The van der Waals surface area contributed by atoms with Crippen LogP contribution in [0.5, 0.6) is 5.75 Å². The van der Waals surface area contributed by atoms with E-state index in [4.69, 9.17) is 0 Å². The fourth-order valence-corrected chi connectivity index (χ4v) is 1.48. The van der Waals surface area contributed by atoms with Gasteiger partial charge in [-0.3, -0.25) is 0 Å². The van der Waals surface area contributed by atoms with Gasteiger partial charge in [0.05, 0.1) is 6.33 Å². The standard InChI is InChI=1S/C12H11FN2O/c1-9(7-15-5-4-14-8-15)11-6-10(13)2-3-12(11)16/h2-6,8,16H,1,7H2. The van der Waals surface area contributed by atoms with Crippen molar-refractivity contribution in [1.82, 2.24) is 9.55 Å². The van der Waals surface area contributed by atoms with E-state index >= 15 is 0 Å². The van der Waals surface area contributed by atoms with Crippen LogP contribution in [-0.2, 0) is 6.54 Å². The summed E-state index contributed by atoms with van der Waals surface area (Å²) in [5.41, 5.74) is 1.06. The zero-order chi connectivity index (χ0) is 11.5. The second-order valence-electron chi connectivity index (χ2n) is 3.50. The molecule has 1 N–H and O–H groups in total. The van der Waals surface area contributed by atoms with Gasteiger partial charge >= 0.3 is 0 Å². The van der Waals surface area contributed by atoms with Gasteiger partial charge in [0, 0.05) is 24.5 Å². The van der Waals surface area contributed by atoms with E-state index in [9.17, 15) is 9.50 Å². The predicted octanol–water partition coefficient (Wildman–Crippen LogP) is 2.44. The first-order chi connectivity index (χ1) is 7.66. The molecule has 0 amide bonds. The summed E-state index contributed by atoms with van der Waals surface area (Å²) in [7, 11) is 0.